The maximum atomic E-state index is 10.6. The average molecular weight is 269 g/mol. The van der Waals surface area contributed by atoms with E-state index in [1.165, 1.54) is 5.56 Å². The SMILES string of the molecule is CC(C)c1cc(CN(C)C)c(O)c(-c2ccccc2)c1. The molecule has 0 spiro atoms. The molecule has 0 aromatic heterocycles. The maximum absolute atomic E-state index is 10.6. The predicted octanol–water partition coefficient (Wildman–Crippen LogP) is 4.24. The first-order valence-corrected chi connectivity index (χ1v) is 7.05. The molecule has 0 unspecified atom stereocenters. The largest absolute Gasteiger partial charge is 0.507 e. The van der Waals surface area contributed by atoms with Gasteiger partial charge < -0.3 is 10.0 Å². The monoisotopic (exact) mass is 269 g/mol. The Morgan fingerprint density at radius 3 is 2.25 bits per heavy atom. The van der Waals surface area contributed by atoms with Gasteiger partial charge in [-0.15, -0.1) is 0 Å². The van der Waals surface area contributed by atoms with Crippen LogP contribution in [0.3, 0.4) is 0 Å². The minimum absolute atomic E-state index is 0.398. The van der Waals surface area contributed by atoms with Crippen molar-refractivity contribution in [1.82, 2.24) is 4.90 Å². The number of aromatic hydroxyl groups is 1. The third-order valence-corrected chi connectivity index (χ3v) is 3.45. The first kappa shape index (κ1) is 14.6. The van der Waals surface area contributed by atoms with E-state index in [1.54, 1.807) is 0 Å². The lowest BCUT2D eigenvalue weighted by Crippen LogP contribution is -2.11. The van der Waals surface area contributed by atoms with E-state index in [9.17, 15) is 5.11 Å². The molecule has 2 aromatic carbocycles. The van der Waals surface area contributed by atoms with Crippen LogP contribution in [0.2, 0.25) is 0 Å². The van der Waals surface area contributed by atoms with Crippen LogP contribution < -0.4 is 0 Å². The Morgan fingerprint density at radius 1 is 1.05 bits per heavy atom. The number of hydrogen-bond acceptors (Lipinski definition) is 2. The van der Waals surface area contributed by atoms with Gasteiger partial charge in [0.1, 0.15) is 5.75 Å². The van der Waals surface area contributed by atoms with Crippen molar-refractivity contribution >= 4 is 0 Å². The number of phenolic OH excluding ortho intramolecular Hbond substituents is 1. The van der Waals surface area contributed by atoms with Gasteiger partial charge in [-0.05, 0) is 37.2 Å². The Kier molecular flexibility index (Phi) is 4.46. The molecule has 0 saturated heterocycles. The third kappa shape index (κ3) is 3.20. The number of rotatable bonds is 4. The van der Waals surface area contributed by atoms with Crippen molar-refractivity contribution in [2.24, 2.45) is 0 Å². The maximum Gasteiger partial charge on any atom is 0.127 e. The van der Waals surface area contributed by atoms with Gasteiger partial charge in [-0.2, -0.15) is 0 Å². The molecule has 0 atom stereocenters. The molecule has 0 radical (unpaired) electrons. The van der Waals surface area contributed by atoms with Crippen molar-refractivity contribution < 1.29 is 5.11 Å². The van der Waals surface area contributed by atoms with Crippen LogP contribution in [0.5, 0.6) is 5.75 Å². The van der Waals surface area contributed by atoms with Gasteiger partial charge in [0.15, 0.2) is 0 Å². The summed E-state index contributed by atoms with van der Waals surface area (Å²) in [5.41, 5.74) is 4.24. The van der Waals surface area contributed by atoms with Crippen molar-refractivity contribution in [3.63, 3.8) is 0 Å². The highest BCUT2D eigenvalue weighted by atomic mass is 16.3. The molecule has 106 valence electrons. The average Bonchev–Trinajstić information content (AvgIpc) is 2.41. The quantitative estimate of drug-likeness (QED) is 0.897. The van der Waals surface area contributed by atoms with Gasteiger partial charge in [-0.1, -0.05) is 50.2 Å². The van der Waals surface area contributed by atoms with Crippen molar-refractivity contribution in [2.45, 2.75) is 26.3 Å². The fourth-order valence-electron chi connectivity index (χ4n) is 2.35. The molecule has 0 heterocycles. The molecule has 0 aliphatic rings. The van der Waals surface area contributed by atoms with Crippen LogP contribution >= 0.6 is 0 Å². The number of nitrogens with zero attached hydrogens (tertiary/aromatic N) is 1. The van der Waals surface area contributed by atoms with Crippen molar-refractivity contribution in [3.8, 4) is 16.9 Å². The Bertz CT molecular complexity index is 573. The summed E-state index contributed by atoms with van der Waals surface area (Å²) in [6.45, 7) is 5.10. The summed E-state index contributed by atoms with van der Waals surface area (Å²) >= 11 is 0. The highest BCUT2D eigenvalue weighted by Gasteiger charge is 2.13. The van der Waals surface area contributed by atoms with Crippen LogP contribution in [0.4, 0.5) is 0 Å². The summed E-state index contributed by atoms with van der Waals surface area (Å²) in [7, 11) is 4.04. The number of benzene rings is 2. The summed E-state index contributed by atoms with van der Waals surface area (Å²) in [6.07, 6.45) is 0. The van der Waals surface area contributed by atoms with Gasteiger partial charge >= 0.3 is 0 Å². The van der Waals surface area contributed by atoms with Gasteiger partial charge in [-0.3, -0.25) is 0 Å². The molecular formula is C18H23NO. The van der Waals surface area contributed by atoms with Gasteiger partial charge in [0, 0.05) is 17.7 Å². The van der Waals surface area contributed by atoms with Crippen LogP contribution in [-0.2, 0) is 6.54 Å². The van der Waals surface area contributed by atoms with Gasteiger partial charge in [-0.25, -0.2) is 0 Å². The second kappa shape index (κ2) is 6.10. The van der Waals surface area contributed by atoms with Crippen LogP contribution in [0.1, 0.15) is 30.9 Å². The molecule has 0 aliphatic heterocycles. The smallest absolute Gasteiger partial charge is 0.127 e. The Balaban J connectivity index is 2.58. The summed E-state index contributed by atoms with van der Waals surface area (Å²) in [5, 5.41) is 10.6. The van der Waals surface area contributed by atoms with E-state index in [-0.39, 0.29) is 0 Å². The van der Waals surface area contributed by atoms with E-state index in [4.69, 9.17) is 0 Å². The summed E-state index contributed by atoms with van der Waals surface area (Å²) in [5.74, 6) is 0.841. The van der Waals surface area contributed by atoms with Gasteiger partial charge in [0.05, 0.1) is 0 Å². The van der Waals surface area contributed by atoms with Crippen molar-refractivity contribution in [1.29, 1.82) is 0 Å². The lowest BCUT2D eigenvalue weighted by atomic mass is 9.93. The van der Waals surface area contributed by atoms with Gasteiger partial charge in [0.2, 0.25) is 0 Å². The molecule has 1 N–H and O–H groups in total. The Hall–Kier alpha value is -1.80. The normalized spacial score (nSPS) is 11.3. The van der Waals surface area contributed by atoms with Crippen LogP contribution in [0.25, 0.3) is 11.1 Å². The minimum Gasteiger partial charge on any atom is -0.507 e. The summed E-state index contributed by atoms with van der Waals surface area (Å²) in [4.78, 5) is 2.08. The summed E-state index contributed by atoms with van der Waals surface area (Å²) in [6, 6.07) is 14.3. The lowest BCUT2D eigenvalue weighted by molar-refractivity contribution is 0.386. The van der Waals surface area contributed by atoms with Crippen LogP contribution in [-0.4, -0.2) is 24.1 Å². The zero-order valence-electron chi connectivity index (χ0n) is 12.7. The fourth-order valence-corrected chi connectivity index (χ4v) is 2.35. The Morgan fingerprint density at radius 2 is 1.70 bits per heavy atom. The van der Waals surface area contributed by atoms with E-state index in [0.717, 1.165) is 23.2 Å². The molecular weight excluding hydrogens is 246 g/mol. The molecule has 2 nitrogen and oxygen atoms in total. The molecule has 0 fully saturated rings. The molecule has 0 bridgehead atoms. The van der Waals surface area contributed by atoms with Crippen molar-refractivity contribution in [2.75, 3.05) is 14.1 Å². The molecule has 0 saturated carbocycles. The van der Waals surface area contributed by atoms with E-state index < -0.39 is 0 Å². The first-order chi connectivity index (χ1) is 9.49. The van der Waals surface area contributed by atoms with Crippen molar-refractivity contribution in [3.05, 3.63) is 53.6 Å². The second-order valence-electron chi connectivity index (χ2n) is 5.83. The molecule has 2 rings (SSSR count). The lowest BCUT2D eigenvalue weighted by Gasteiger charge is -2.18. The minimum atomic E-state index is 0.398. The standard InChI is InChI=1S/C18H23NO/c1-13(2)15-10-16(12-19(3)4)18(20)17(11-15)14-8-6-5-7-9-14/h5-11,13,20H,12H2,1-4H3. The van der Waals surface area contributed by atoms with E-state index >= 15 is 0 Å². The molecule has 0 amide bonds. The van der Waals surface area contributed by atoms with E-state index in [2.05, 4.69) is 30.9 Å². The fraction of sp³-hybridized carbons (Fsp3) is 0.333. The number of phenols is 1. The highest BCUT2D eigenvalue weighted by Crippen LogP contribution is 2.35. The first-order valence-electron chi connectivity index (χ1n) is 7.05. The summed E-state index contributed by atoms with van der Waals surface area (Å²) < 4.78 is 0. The van der Waals surface area contributed by atoms with E-state index in [0.29, 0.717) is 11.7 Å². The second-order valence-corrected chi connectivity index (χ2v) is 5.83. The topological polar surface area (TPSA) is 23.5 Å². The Labute approximate surface area is 121 Å². The van der Waals surface area contributed by atoms with Crippen LogP contribution in [0.15, 0.2) is 42.5 Å². The third-order valence-electron chi connectivity index (χ3n) is 3.45. The highest BCUT2D eigenvalue weighted by molar-refractivity contribution is 5.72. The van der Waals surface area contributed by atoms with Crippen LogP contribution in [0, 0.1) is 0 Å². The molecule has 20 heavy (non-hydrogen) atoms. The molecule has 0 aliphatic carbocycles. The zero-order chi connectivity index (χ0) is 14.7. The van der Waals surface area contributed by atoms with E-state index in [1.807, 2.05) is 44.4 Å². The molecule has 2 heteroatoms. The molecule has 2 aromatic rings. The number of hydrogen-bond donors (Lipinski definition) is 1. The zero-order valence-corrected chi connectivity index (χ0v) is 12.7. The predicted molar refractivity (Wildman–Crippen MR) is 85.0 cm³/mol. The van der Waals surface area contributed by atoms with Gasteiger partial charge in [0.25, 0.3) is 0 Å².